The van der Waals surface area contributed by atoms with Gasteiger partial charge in [0.2, 0.25) is 6.33 Å². The van der Waals surface area contributed by atoms with E-state index < -0.39 is 0 Å². The molecule has 0 N–H and O–H groups in total. The lowest BCUT2D eigenvalue weighted by atomic mass is 10.3. The molecule has 0 aromatic carbocycles. The van der Waals surface area contributed by atoms with E-state index in [1.807, 2.05) is 27.9 Å². The van der Waals surface area contributed by atoms with E-state index in [-0.39, 0.29) is 0 Å². The second kappa shape index (κ2) is 11.0. The summed E-state index contributed by atoms with van der Waals surface area (Å²) >= 11 is 0. The summed E-state index contributed by atoms with van der Waals surface area (Å²) in [6.07, 6.45) is 13.3. The van der Waals surface area contributed by atoms with Crippen LogP contribution in [0.15, 0.2) is 18.7 Å². The van der Waals surface area contributed by atoms with E-state index in [4.69, 9.17) is 9.47 Å². The van der Waals surface area contributed by atoms with Gasteiger partial charge in [-0.1, -0.05) is 39.5 Å². The fourth-order valence-corrected chi connectivity index (χ4v) is 1.84. The summed E-state index contributed by atoms with van der Waals surface area (Å²) in [7, 11) is 0. The first kappa shape index (κ1) is 16.2. The predicted octanol–water partition coefficient (Wildman–Crippen LogP) is 3.10. The molecule has 19 heavy (non-hydrogen) atoms. The van der Waals surface area contributed by atoms with Crippen molar-refractivity contribution in [2.75, 3.05) is 13.2 Å². The van der Waals surface area contributed by atoms with Gasteiger partial charge < -0.3 is 9.47 Å². The highest BCUT2D eigenvalue weighted by Crippen LogP contribution is 1.96. The standard InChI is InChI=1S/C15H29N2O2/c1-3-5-7-11-18-14-16-9-10-17(13-16)15-19-12-8-6-4-2/h9-10,13H,3-8,11-12,14-15H2,1-2H3/q+1. The molecule has 4 heteroatoms. The van der Waals surface area contributed by atoms with Crippen LogP contribution in [-0.2, 0) is 22.9 Å². The summed E-state index contributed by atoms with van der Waals surface area (Å²) in [6, 6.07) is 0. The Bertz CT molecular complexity index is 284. The predicted molar refractivity (Wildman–Crippen MR) is 75.6 cm³/mol. The molecule has 1 aromatic heterocycles. The number of imidazole rings is 1. The maximum Gasteiger partial charge on any atom is 0.247 e. The molecule has 1 aromatic rings. The van der Waals surface area contributed by atoms with Crippen molar-refractivity contribution in [3.8, 4) is 0 Å². The fourth-order valence-electron chi connectivity index (χ4n) is 1.84. The molecule has 0 saturated heterocycles. The Balaban J connectivity index is 2.07. The monoisotopic (exact) mass is 269 g/mol. The maximum absolute atomic E-state index is 5.60. The van der Waals surface area contributed by atoms with Gasteiger partial charge in [0.25, 0.3) is 0 Å². The van der Waals surface area contributed by atoms with Crippen LogP contribution < -0.4 is 4.57 Å². The first-order valence-corrected chi connectivity index (χ1v) is 7.57. The van der Waals surface area contributed by atoms with Crippen molar-refractivity contribution in [1.29, 1.82) is 0 Å². The number of hydrogen-bond donors (Lipinski definition) is 0. The average Bonchev–Trinajstić information content (AvgIpc) is 2.86. The molecule has 0 radical (unpaired) electrons. The van der Waals surface area contributed by atoms with Crippen molar-refractivity contribution < 1.29 is 14.0 Å². The van der Waals surface area contributed by atoms with Crippen LogP contribution in [0.3, 0.4) is 0 Å². The summed E-state index contributed by atoms with van der Waals surface area (Å²) in [4.78, 5) is 0. The van der Waals surface area contributed by atoms with Crippen molar-refractivity contribution in [2.24, 2.45) is 0 Å². The van der Waals surface area contributed by atoms with Crippen LogP contribution in [0.5, 0.6) is 0 Å². The lowest BCUT2D eigenvalue weighted by Crippen LogP contribution is -2.32. The largest absolute Gasteiger partial charge is 0.342 e. The Morgan fingerprint density at radius 2 is 1.63 bits per heavy atom. The normalized spacial score (nSPS) is 11.1. The van der Waals surface area contributed by atoms with Gasteiger partial charge in [-0.3, -0.25) is 0 Å². The number of nitrogens with zero attached hydrogens (tertiary/aromatic N) is 2. The minimum atomic E-state index is 0.631. The first-order valence-electron chi connectivity index (χ1n) is 7.57. The van der Waals surface area contributed by atoms with Crippen molar-refractivity contribution in [2.45, 2.75) is 65.8 Å². The van der Waals surface area contributed by atoms with E-state index in [2.05, 4.69) is 13.8 Å². The van der Waals surface area contributed by atoms with Gasteiger partial charge in [-0.2, -0.15) is 0 Å². The summed E-state index contributed by atoms with van der Waals surface area (Å²) in [5, 5.41) is 0. The third-order valence-corrected chi connectivity index (χ3v) is 3.01. The topological polar surface area (TPSA) is 27.3 Å². The molecule has 0 unspecified atom stereocenters. The molecule has 1 heterocycles. The molecule has 0 aliphatic carbocycles. The summed E-state index contributed by atoms with van der Waals surface area (Å²) in [6.45, 7) is 7.36. The number of hydrogen-bond acceptors (Lipinski definition) is 2. The van der Waals surface area contributed by atoms with Crippen molar-refractivity contribution >= 4 is 0 Å². The second-order valence-electron chi connectivity index (χ2n) is 4.93. The van der Waals surface area contributed by atoms with E-state index >= 15 is 0 Å². The van der Waals surface area contributed by atoms with Crippen LogP contribution >= 0.6 is 0 Å². The molecular formula is C15H29N2O2+. The molecule has 0 aliphatic heterocycles. The van der Waals surface area contributed by atoms with Crippen molar-refractivity contribution in [3.05, 3.63) is 18.7 Å². The van der Waals surface area contributed by atoms with Crippen LogP contribution in [0.4, 0.5) is 0 Å². The van der Waals surface area contributed by atoms with E-state index in [0.29, 0.717) is 13.5 Å². The Morgan fingerprint density at radius 3 is 2.32 bits per heavy atom. The maximum atomic E-state index is 5.60. The molecule has 1 rings (SSSR count). The third kappa shape index (κ3) is 8.01. The van der Waals surface area contributed by atoms with E-state index in [9.17, 15) is 0 Å². The van der Waals surface area contributed by atoms with E-state index in [0.717, 1.165) is 26.1 Å². The summed E-state index contributed by atoms with van der Waals surface area (Å²) in [5.41, 5.74) is 0. The summed E-state index contributed by atoms with van der Waals surface area (Å²) in [5.74, 6) is 0. The number of aromatic nitrogens is 2. The highest BCUT2D eigenvalue weighted by atomic mass is 16.5. The lowest BCUT2D eigenvalue weighted by molar-refractivity contribution is -0.732. The summed E-state index contributed by atoms with van der Waals surface area (Å²) < 4.78 is 15.3. The minimum Gasteiger partial charge on any atom is -0.342 e. The molecule has 0 spiro atoms. The molecule has 0 fully saturated rings. The minimum absolute atomic E-state index is 0.631. The first-order chi connectivity index (χ1) is 9.36. The van der Waals surface area contributed by atoms with Gasteiger partial charge >= 0.3 is 0 Å². The smallest absolute Gasteiger partial charge is 0.247 e. The Morgan fingerprint density at radius 1 is 0.947 bits per heavy atom. The van der Waals surface area contributed by atoms with Crippen LogP contribution in [0.1, 0.15) is 52.4 Å². The van der Waals surface area contributed by atoms with Crippen molar-refractivity contribution in [3.63, 3.8) is 0 Å². The Kier molecular flexibility index (Phi) is 9.37. The Labute approximate surface area is 117 Å². The van der Waals surface area contributed by atoms with Crippen LogP contribution in [0.25, 0.3) is 0 Å². The van der Waals surface area contributed by atoms with Crippen LogP contribution in [0, 0.1) is 0 Å². The second-order valence-corrected chi connectivity index (χ2v) is 4.93. The van der Waals surface area contributed by atoms with Gasteiger partial charge in [0, 0.05) is 0 Å². The number of unbranched alkanes of at least 4 members (excludes halogenated alkanes) is 4. The van der Waals surface area contributed by atoms with Crippen LogP contribution in [-0.4, -0.2) is 17.8 Å². The van der Waals surface area contributed by atoms with Gasteiger partial charge in [0.05, 0.1) is 13.2 Å². The average molecular weight is 269 g/mol. The zero-order chi connectivity index (χ0) is 13.8. The van der Waals surface area contributed by atoms with Gasteiger partial charge in [-0.25, -0.2) is 9.13 Å². The van der Waals surface area contributed by atoms with E-state index in [1.54, 1.807) is 0 Å². The molecule has 0 bridgehead atoms. The van der Waals surface area contributed by atoms with Gasteiger partial charge in [0.15, 0.2) is 13.5 Å². The highest BCUT2D eigenvalue weighted by Gasteiger charge is 2.03. The zero-order valence-corrected chi connectivity index (χ0v) is 12.5. The van der Waals surface area contributed by atoms with Crippen molar-refractivity contribution in [1.82, 2.24) is 4.57 Å². The number of ether oxygens (including phenoxy) is 2. The molecule has 0 saturated carbocycles. The zero-order valence-electron chi connectivity index (χ0n) is 12.5. The Hall–Kier alpha value is -0.870. The van der Waals surface area contributed by atoms with Gasteiger partial charge in [-0.05, 0) is 12.8 Å². The quantitative estimate of drug-likeness (QED) is 0.431. The van der Waals surface area contributed by atoms with Gasteiger partial charge in [0.1, 0.15) is 12.4 Å². The van der Waals surface area contributed by atoms with Gasteiger partial charge in [-0.15, -0.1) is 0 Å². The van der Waals surface area contributed by atoms with Crippen LogP contribution in [0.2, 0.25) is 0 Å². The molecule has 110 valence electrons. The molecule has 4 nitrogen and oxygen atoms in total. The van der Waals surface area contributed by atoms with E-state index in [1.165, 1.54) is 25.7 Å². The molecule has 0 aliphatic rings. The molecule has 0 amide bonds. The number of rotatable bonds is 12. The lowest BCUT2D eigenvalue weighted by Gasteiger charge is -2.01. The third-order valence-electron chi connectivity index (χ3n) is 3.01. The molecular weight excluding hydrogens is 240 g/mol. The SMILES string of the molecule is CCCCCOCn1cc[n+](COCCCCC)c1. The molecule has 0 atom stereocenters. The fraction of sp³-hybridized carbons (Fsp3) is 0.800. The highest BCUT2D eigenvalue weighted by molar-refractivity contribution is 4.63.